The molecule has 3 heteroatoms. The third-order valence-electron chi connectivity index (χ3n) is 3.79. The van der Waals surface area contributed by atoms with Crippen LogP contribution in [0.25, 0.3) is 0 Å². The maximum Gasteiger partial charge on any atom is 0.144 e. The van der Waals surface area contributed by atoms with E-state index < -0.39 is 0 Å². The molecule has 0 aromatic heterocycles. The highest BCUT2D eigenvalue weighted by Crippen LogP contribution is 2.30. The van der Waals surface area contributed by atoms with Crippen LogP contribution < -0.4 is 15.4 Å². The molecule has 20 heavy (non-hydrogen) atoms. The average Bonchev–Trinajstić information content (AvgIpc) is 2.49. The Hall–Kier alpha value is -2.16. The molecule has 0 saturated heterocycles. The van der Waals surface area contributed by atoms with E-state index in [1.165, 1.54) is 16.8 Å². The van der Waals surface area contributed by atoms with Crippen molar-refractivity contribution < 1.29 is 4.74 Å². The van der Waals surface area contributed by atoms with Crippen LogP contribution in [-0.4, -0.2) is 13.2 Å². The molecule has 104 valence electrons. The van der Waals surface area contributed by atoms with Crippen LogP contribution in [0, 0.1) is 0 Å². The molecule has 2 N–H and O–H groups in total. The fourth-order valence-corrected chi connectivity index (χ4v) is 2.72. The monoisotopic (exact) mass is 268 g/mol. The van der Waals surface area contributed by atoms with Crippen LogP contribution in [0.2, 0.25) is 0 Å². The van der Waals surface area contributed by atoms with Crippen molar-refractivity contribution in [3.05, 3.63) is 53.6 Å². The molecular weight excluding hydrogens is 248 g/mol. The molecule has 3 nitrogen and oxygen atoms in total. The second-order valence-electron chi connectivity index (χ2n) is 5.10. The van der Waals surface area contributed by atoms with Gasteiger partial charge in [0, 0.05) is 24.8 Å². The van der Waals surface area contributed by atoms with Crippen molar-refractivity contribution in [3.63, 3.8) is 0 Å². The fourth-order valence-electron chi connectivity index (χ4n) is 2.72. The van der Waals surface area contributed by atoms with Crippen LogP contribution in [-0.2, 0) is 13.0 Å². The highest BCUT2D eigenvalue weighted by atomic mass is 16.5. The van der Waals surface area contributed by atoms with Gasteiger partial charge < -0.3 is 15.4 Å². The number of fused-ring (bicyclic) bond motifs is 1. The first kappa shape index (κ1) is 12.9. The predicted octanol–water partition coefficient (Wildman–Crippen LogP) is 3.23. The van der Waals surface area contributed by atoms with Gasteiger partial charge in [0.15, 0.2) is 0 Å². The number of nitrogen functional groups attached to an aromatic ring is 1. The van der Waals surface area contributed by atoms with Crippen molar-refractivity contribution in [2.45, 2.75) is 19.9 Å². The van der Waals surface area contributed by atoms with Gasteiger partial charge in [-0.1, -0.05) is 24.3 Å². The number of nitrogens with two attached hydrogens (primary N) is 1. The molecule has 1 aliphatic rings. The van der Waals surface area contributed by atoms with Gasteiger partial charge in [0.05, 0.1) is 12.3 Å². The third kappa shape index (κ3) is 2.44. The second-order valence-corrected chi connectivity index (χ2v) is 5.10. The molecule has 1 heterocycles. The van der Waals surface area contributed by atoms with Crippen LogP contribution in [0.3, 0.4) is 0 Å². The Morgan fingerprint density at radius 3 is 2.75 bits per heavy atom. The molecule has 2 aromatic carbocycles. The second kappa shape index (κ2) is 5.45. The Kier molecular flexibility index (Phi) is 3.50. The largest absolute Gasteiger partial charge is 0.492 e. The smallest absolute Gasteiger partial charge is 0.144 e. The first-order valence-corrected chi connectivity index (χ1v) is 7.12. The van der Waals surface area contributed by atoms with Crippen molar-refractivity contribution in [1.82, 2.24) is 0 Å². The standard InChI is InChI=1S/C17H20N2O/c1-2-20-17-11-15(7-8-16(17)18)19-10-9-13-5-3-4-6-14(13)12-19/h3-8,11H,2,9-10,12,18H2,1H3. The summed E-state index contributed by atoms with van der Waals surface area (Å²) in [5.74, 6) is 0.781. The predicted molar refractivity (Wildman–Crippen MR) is 83.2 cm³/mol. The van der Waals surface area contributed by atoms with Gasteiger partial charge in [0.25, 0.3) is 0 Å². The molecule has 3 rings (SSSR count). The Morgan fingerprint density at radius 1 is 1.15 bits per heavy atom. The van der Waals surface area contributed by atoms with Gasteiger partial charge in [-0.15, -0.1) is 0 Å². The minimum atomic E-state index is 0.635. The molecule has 2 aromatic rings. The molecule has 0 unspecified atom stereocenters. The van der Waals surface area contributed by atoms with Crippen LogP contribution >= 0.6 is 0 Å². The van der Waals surface area contributed by atoms with Gasteiger partial charge in [0.2, 0.25) is 0 Å². The number of hydrogen-bond donors (Lipinski definition) is 1. The Labute approximate surface area is 120 Å². The molecule has 0 saturated carbocycles. The lowest BCUT2D eigenvalue weighted by molar-refractivity contribution is 0.342. The maximum atomic E-state index is 5.94. The van der Waals surface area contributed by atoms with Crippen LogP contribution in [0.5, 0.6) is 5.75 Å². The normalized spacial score (nSPS) is 13.9. The van der Waals surface area contributed by atoms with E-state index in [4.69, 9.17) is 10.5 Å². The molecule has 0 atom stereocenters. The highest BCUT2D eigenvalue weighted by Gasteiger charge is 2.16. The Bertz CT molecular complexity index is 610. The molecule has 0 amide bonds. The number of nitrogens with zero attached hydrogens (tertiary/aromatic N) is 1. The van der Waals surface area contributed by atoms with Crippen molar-refractivity contribution in [2.24, 2.45) is 0 Å². The SMILES string of the molecule is CCOc1cc(N2CCc3ccccc3C2)ccc1N. The minimum Gasteiger partial charge on any atom is -0.492 e. The lowest BCUT2D eigenvalue weighted by atomic mass is 9.99. The Balaban J connectivity index is 1.86. The van der Waals surface area contributed by atoms with Crippen molar-refractivity contribution in [2.75, 3.05) is 23.8 Å². The number of benzene rings is 2. The van der Waals surface area contributed by atoms with Crippen molar-refractivity contribution in [1.29, 1.82) is 0 Å². The Morgan fingerprint density at radius 2 is 1.95 bits per heavy atom. The molecule has 0 fully saturated rings. The van der Waals surface area contributed by atoms with Gasteiger partial charge in [-0.2, -0.15) is 0 Å². The lowest BCUT2D eigenvalue weighted by Crippen LogP contribution is -2.30. The number of anilines is 2. The molecular formula is C17H20N2O. The van der Waals surface area contributed by atoms with Gasteiger partial charge in [-0.3, -0.25) is 0 Å². The number of hydrogen-bond acceptors (Lipinski definition) is 3. The van der Waals surface area contributed by atoms with E-state index in [1.807, 2.05) is 19.1 Å². The first-order valence-electron chi connectivity index (χ1n) is 7.12. The third-order valence-corrected chi connectivity index (χ3v) is 3.79. The van der Waals surface area contributed by atoms with Crippen LogP contribution in [0.4, 0.5) is 11.4 Å². The van der Waals surface area contributed by atoms with E-state index in [9.17, 15) is 0 Å². The summed E-state index contributed by atoms with van der Waals surface area (Å²) in [6.07, 6.45) is 1.09. The van der Waals surface area contributed by atoms with E-state index in [2.05, 4.69) is 35.2 Å². The van der Waals surface area contributed by atoms with E-state index in [-0.39, 0.29) is 0 Å². The molecule has 0 radical (unpaired) electrons. The summed E-state index contributed by atoms with van der Waals surface area (Å²) < 4.78 is 5.59. The van der Waals surface area contributed by atoms with Gasteiger partial charge >= 0.3 is 0 Å². The zero-order valence-electron chi connectivity index (χ0n) is 11.8. The summed E-state index contributed by atoms with van der Waals surface area (Å²) in [4.78, 5) is 2.38. The fraction of sp³-hybridized carbons (Fsp3) is 0.294. The van der Waals surface area contributed by atoms with E-state index >= 15 is 0 Å². The van der Waals surface area contributed by atoms with Crippen molar-refractivity contribution >= 4 is 11.4 Å². The number of rotatable bonds is 3. The summed E-state index contributed by atoms with van der Waals surface area (Å²) in [5, 5.41) is 0. The summed E-state index contributed by atoms with van der Waals surface area (Å²) >= 11 is 0. The molecule has 0 aliphatic carbocycles. The molecule has 0 bridgehead atoms. The summed E-state index contributed by atoms with van der Waals surface area (Å²) in [7, 11) is 0. The van der Waals surface area contributed by atoms with Gasteiger partial charge in [-0.25, -0.2) is 0 Å². The lowest BCUT2D eigenvalue weighted by Gasteiger charge is -2.31. The topological polar surface area (TPSA) is 38.5 Å². The molecule has 0 spiro atoms. The summed E-state index contributed by atoms with van der Waals surface area (Å²) in [6.45, 7) is 4.60. The van der Waals surface area contributed by atoms with Crippen molar-refractivity contribution in [3.8, 4) is 5.75 Å². The quantitative estimate of drug-likeness (QED) is 0.869. The average molecular weight is 268 g/mol. The van der Waals surface area contributed by atoms with Gasteiger partial charge in [-0.05, 0) is 36.6 Å². The van der Waals surface area contributed by atoms with Gasteiger partial charge in [0.1, 0.15) is 5.75 Å². The highest BCUT2D eigenvalue weighted by molar-refractivity contribution is 5.63. The number of ether oxygens (including phenoxy) is 1. The van der Waals surface area contributed by atoms with Crippen LogP contribution in [0.1, 0.15) is 18.1 Å². The summed E-state index contributed by atoms with van der Waals surface area (Å²) in [5.41, 5.74) is 10.7. The van der Waals surface area contributed by atoms with E-state index in [0.29, 0.717) is 12.3 Å². The summed E-state index contributed by atoms with van der Waals surface area (Å²) in [6, 6.07) is 14.7. The van der Waals surface area contributed by atoms with Crippen LogP contribution in [0.15, 0.2) is 42.5 Å². The first-order chi connectivity index (χ1) is 9.78. The zero-order chi connectivity index (χ0) is 13.9. The zero-order valence-corrected chi connectivity index (χ0v) is 11.8. The maximum absolute atomic E-state index is 5.94. The van der Waals surface area contributed by atoms with E-state index in [1.54, 1.807) is 0 Å². The minimum absolute atomic E-state index is 0.635. The molecule has 1 aliphatic heterocycles. The van der Waals surface area contributed by atoms with E-state index in [0.717, 1.165) is 25.3 Å².